The van der Waals surface area contributed by atoms with Crippen molar-refractivity contribution < 1.29 is 9.59 Å². The molecule has 5 saturated carbocycles. The molecule has 3 amide bonds. The van der Waals surface area contributed by atoms with E-state index < -0.39 is 0 Å². The van der Waals surface area contributed by atoms with Crippen molar-refractivity contribution in [3.63, 3.8) is 0 Å². The fraction of sp³-hybridized carbons (Fsp3) is 0.586. The number of rotatable bonds is 5. The van der Waals surface area contributed by atoms with Crippen LogP contribution in [-0.2, 0) is 11.2 Å². The van der Waals surface area contributed by atoms with Crippen molar-refractivity contribution in [3.05, 3.63) is 56.7 Å². The van der Waals surface area contributed by atoms with Crippen LogP contribution in [-0.4, -0.2) is 46.4 Å². The predicted molar refractivity (Wildman–Crippen MR) is 142 cm³/mol. The summed E-state index contributed by atoms with van der Waals surface area (Å²) in [4.78, 5) is 32.8. The molecule has 2 heterocycles. The molecule has 5 nitrogen and oxygen atoms in total. The van der Waals surface area contributed by atoms with Crippen LogP contribution in [0.25, 0.3) is 0 Å². The van der Waals surface area contributed by atoms with Crippen LogP contribution in [0.4, 0.5) is 4.79 Å². The van der Waals surface area contributed by atoms with Gasteiger partial charge in [-0.2, -0.15) is 0 Å². The Morgan fingerprint density at radius 2 is 1.69 bits per heavy atom. The number of amides is 3. The first-order valence-electron chi connectivity index (χ1n) is 13.7. The molecule has 5 aliphatic carbocycles. The second-order valence-electron chi connectivity index (χ2n) is 12.1. The molecule has 2 aromatic rings. The van der Waals surface area contributed by atoms with E-state index in [0.29, 0.717) is 11.6 Å². The summed E-state index contributed by atoms with van der Waals surface area (Å²) in [5.74, 6) is 2.38. The number of hydrogen-bond acceptors (Lipinski definition) is 3. The average molecular weight is 524 g/mol. The molecule has 8 rings (SSSR count). The summed E-state index contributed by atoms with van der Waals surface area (Å²) < 4.78 is 0. The minimum Gasteiger partial charge on any atom is -0.333 e. The highest BCUT2D eigenvalue weighted by Gasteiger charge is 2.52. The van der Waals surface area contributed by atoms with Crippen molar-refractivity contribution in [2.24, 2.45) is 17.8 Å². The number of nitrogens with zero attached hydrogens (tertiary/aromatic N) is 2. The van der Waals surface area contributed by atoms with Gasteiger partial charge in [0.15, 0.2) is 0 Å². The van der Waals surface area contributed by atoms with E-state index in [1.807, 2.05) is 34.1 Å². The van der Waals surface area contributed by atoms with Crippen molar-refractivity contribution in [3.8, 4) is 0 Å². The number of urea groups is 1. The van der Waals surface area contributed by atoms with E-state index in [-0.39, 0.29) is 36.1 Å². The highest BCUT2D eigenvalue weighted by atomic mass is 35.5. The highest BCUT2D eigenvalue weighted by Crippen LogP contribution is 2.55. The van der Waals surface area contributed by atoms with Gasteiger partial charge < -0.3 is 15.1 Å². The Hall–Kier alpha value is -2.05. The smallest absolute Gasteiger partial charge is 0.318 e. The van der Waals surface area contributed by atoms with E-state index in [4.69, 9.17) is 11.6 Å². The van der Waals surface area contributed by atoms with Crippen molar-refractivity contribution in [2.45, 2.75) is 75.4 Å². The van der Waals surface area contributed by atoms with Crippen LogP contribution >= 0.6 is 22.9 Å². The van der Waals surface area contributed by atoms with Crippen LogP contribution in [0.2, 0.25) is 5.02 Å². The lowest BCUT2D eigenvalue weighted by Crippen LogP contribution is -2.62. The molecule has 0 radical (unpaired) electrons. The molecule has 190 valence electrons. The van der Waals surface area contributed by atoms with Crippen LogP contribution in [0.15, 0.2) is 35.7 Å². The third-order valence-electron chi connectivity index (χ3n) is 9.44. The van der Waals surface area contributed by atoms with Gasteiger partial charge in [-0.25, -0.2) is 4.79 Å². The normalized spacial score (nSPS) is 32.3. The van der Waals surface area contributed by atoms with Crippen molar-refractivity contribution >= 4 is 34.9 Å². The number of carbonyl (C=O) groups is 2. The van der Waals surface area contributed by atoms with E-state index in [2.05, 4.69) is 16.8 Å². The van der Waals surface area contributed by atoms with Gasteiger partial charge in [-0.3, -0.25) is 4.79 Å². The molecule has 0 spiro atoms. The minimum absolute atomic E-state index is 0.0101. The first-order valence-corrected chi connectivity index (χ1v) is 14.9. The number of benzene rings is 1. The van der Waals surface area contributed by atoms with Gasteiger partial charge in [-0.05, 0) is 110 Å². The van der Waals surface area contributed by atoms with Crippen molar-refractivity contribution in [2.75, 3.05) is 13.1 Å². The summed E-state index contributed by atoms with van der Waals surface area (Å²) in [7, 11) is 0. The second-order valence-corrected chi connectivity index (χ2v) is 13.5. The molecule has 7 heteroatoms. The van der Waals surface area contributed by atoms with Crippen LogP contribution in [0, 0.1) is 17.8 Å². The van der Waals surface area contributed by atoms with Crippen LogP contribution in [0.1, 0.15) is 73.4 Å². The Balaban J connectivity index is 1.11. The summed E-state index contributed by atoms with van der Waals surface area (Å²) in [5.41, 5.74) is 2.24. The van der Waals surface area contributed by atoms with Gasteiger partial charge in [0.2, 0.25) is 5.91 Å². The van der Waals surface area contributed by atoms with Gasteiger partial charge >= 0.3 is 6.03 Å². The Morgan fingerprint density at radius 1 is 1.03 bits per heavy atom. The molecular formula is C29H34ClN3O2S. The Morgan fingerprint density at radius 3 is 2.33 bits per heavy atom. The molecule has 0 saturated heterocycles. The standard InChI is InChI=1S/C29H34ClN3O2S/c30-22-3-1-21(2-4-22)27-24-8-10-36-25(24)7-9-32(27)26(34)17-33(23-5-6-23)28(35)31-29-14-18-11-19(15-29)13-20(12-18)16-29/h1-4,8,10,18-20,23,27H,5-7,9,11-17H2,(H,31,35). The van der Waals surface area contributed by atoms with Gasteiger partial charge in [0.25, 0.3) is 0 Å². The fourth-order valence-electron chi connectivity index (χ4n) is 8.14. The lowest BCUT2D eigenvalue weighted by atomic mass is 9.53. The first kappa shape index (κ1) is 23.1. The number of halogens is 1. The quantitative estimate of drug-likeness (QED) is 0.521. The highest BCUT2D eigenvalue weighted by molar-refractivity contribution is 7.10. The summed E-state index contributed by atoms with van der Waals surface area (Å²) in [6.07, 6.45) is 10.3. The molecule has 1 atom stereocenters. The average Bonchev–Trinajstić information content (AvgIpc) is 3.56. The molecule has 1 aromatic carbocycles. The molecule has 4 bridgehead atoms. The van der Waals surface area contributed by atoms with E-state index >= 15 is 0 Å². The Labute approximate surface area is 222 Å². The summed E-state index contributed by atoms with van der Waals surface area (Å²) in [6, 6.07) is 10.1. The lowest BCUT2D eigenvalue weighted by Gasteiger charge is -2.57. The molecular weight excluding hydrogens is 490 g/mol. The Bertz CT molecular complexity index is 1140. The van der Waals surface area contributed by atoms with Gasteiger partial charge in [0.1, 0.15) is 6.54 Å². The van der Waals surface area contributed by atoms with Gasteiger partial charge in [0.05, 0.1) is 6.04 Å². The SMILES string of the molecule is O=C(NC12CC3CC(CC(C3)C1)C2)N(CC(=O)N1CCc2sccc2C1c1ccc(Cl)cc1)C1CC1. The maximum atomic E-state index is 13.9. The number of carbonyl (C=O) groups excluding carboxylic acids is 2. The van der Waals surface area contributed by atoms with Gasteiger partial charge in [0, 0.05) is 28.0 Å². The van der Waals surface area contributed by atoms with Crippen molar-refractivity contribution in [1.29, 1.82) is 0 Å². The minimum atomic E-state index is -0.128. The predicted octanol–water partition coefficient (Wildman–Crippen LogP) is 6.02. The monoisotopic (exact) mass is 523 g/mol. The topological polar surface area (TPSA) is 52.7 Å². The molecule has 1 aliphatic heterocycles. The molecule has 1 N–H and O–H groups in total. The number of thiophene rings is 1. The van der Waals surface area contributed by atoms with E-state index in [1.165, 1.54) is 29.7 Å². The third-order valence-corrected chi connectivity index (χ3v) is 10.7. The molecule has 6 aliphatic rings. The van der Waals surface area contributed by atoms with Crippen molar-refractivity contribution in [1.82, 2.24) is 15.1 Å². The zero-order chi connectivity index (χ0) is 24.4. The van der Waals surface area contributed by atoms with E-state index in [9.17, 15) is 9.59 Å². The molecule has 36 heavy (non-hydrogen) atoms. The largest absolute Gasteiger partial charge is 0.333 e. The van der Waals surface area contributed by atoms with Crippen LogP contribution in [0.3, 0.4) is 0 Å². The summed E-state index contributed by atoms with van der Waals surface area (Å²) in [5, 5.41) is 6.33. The maximum absolute atomic E-state index is 13.9. The second kappa shape index (κ2) is 8.76. The summed E-state index contributed by atoms with van der Waals surface area (Å²) in [6.45, 7) is 0.834. The maximum Gasteiger partial charge on any atom is 0.318 e. The van der Waals surface area contributed by atoms with Gasteiger partial charge in [-0.15, -0.1) is 11.3 Å². The summed E-state index contributed by atoms with van der Waals surface area (Å²) >= 11 is 7.94. The van der Waals surface area contributed by atoms with Gasteiger partial charge in [-0.1, -0.05) is 23.7 Å². The molecule has 1 aromatic heterocycles. The lowest BCUT2D eigenvalue weighted by molar-refractivity contribution is -0.134. The third kappa shape index (κ3) is 4.14. The number of fused-ring (bicyclic) bond motifs is 1. The number of nitrogens with one attached hydrogen (secondary N) is 1. The fourth-order valence-corrected chi connectivity index (χ4v) is 9.17. The molecule has 5 fully saturated rings. The number of hydrogen-bond donors (Lipinski definition) is 1. The van der Waals surface area contributed by atoms with Crippen LogP contribution < -0.4 is 5.32 Å². The first-order chi connectivity index (χ1) is 17.5. The van der Waals surface area contributed by atoms with Crippen LogP contribution in [0.5, 0.6) is 0 Å². The molecule has 1 unspecified atom stereocenters. The van der Waals surface area contributed by atoms with E-state index in [0.717, 1.165) is 61.8 Å². The zero-order valence-electron chi connectivity index (χ0n) is 20.6. The zero-order valence-corrected chi connectivity index (χ0v) is 22.2. The van der Waals surface area contributed by atoms with E-state index in [1.54, 1.807) is 11.3 Å². The Kier molecular flexibility index (Phi) is 5.62.